The fourth-order valence-corrected chi connectivity index (χ4v) is 1.24. The lowest BCUT2D eigenvalue weighted by molar-refractivity contribution is 0.680. The van der Waals surface area contributed by atoms with Crippen LogP contribution in [0.3, 0.4) is 0 Å². The second-order valence-corrected chi connectivity index (χ2v) is 2.82. The highest BCUT2D eigenvalue weighted by Gasteiger charge is 1.97. The largest absolute Gasteiger partial charge is 0.272 e. The van der Waals surface area contributed by atoms with E-state index in [4.69, 9.17) is 0 Å². The van der Waals surface area contributed by atoms with Gasteiger partial charge in [-0.3, -0.25) is 19.4 Å². The first-order valence-corrected chi connectivity index (χ1v) is 4.20. The molecule has 0 spiro atoms. The molecule has 0 amide bonds. The molecule has 4 heteroatoms. The van der Waals surface area contributed by atoms with Crippen molar-refractivity contribution in [3.05, 3.63) is 43.8 Å². The van der Waals surface area contributed by atoms with Gasteiger partial charge in [0.1, 0.15) is 0 Å². The van der Waals surface area contributed by atoms with Crippen molar-refractivity contribution in [2.24, 2.45) is 7.05 Å². The molecule has 1 heterocycles. The molecule has 0 aliphatic heterocycles. The Kier molecular flexibility index (Phi) is 2.86. The number of H-pyrrole nitrogens is 1. The van der Waals surface area contributed by atoms with Crippen LogP contribution < -0.4 is 21.6 Å². The maximum Gasteiger partial charge on any atom is 0.272 e. The van der Waals surface area contributed by atoms with Gasteiger partial charge in [-0.05, 0) is 13.0 Å². The van der Waals surface area contributed by atoms with E-state index in [0.29, 0.717) is 10.4 Å². The summed E-state index contributed by atoms with van der Waals surface area (Å²) >= 11 is 0. The number of aryl methyl sites for hydroxylation is 1. The van der Waals surface area contributed by atoms with Crippen molar-refractivity contribution in [2.45, 2.75) is 6.92 Å². The third-order valence-corrected chi connectivity index (χ3v) is 1.91. The maximum atomic E-state index is 11.6. The van der Waals surface area contributed by atoms with E-state index in [1.165, 1.54) is 19.2 Å². The third-order valence-electron chi connectivity index (χ3n) is 1.91. The number of hydrogen-bond donors (Lipinski definition) is 1. The average molecular weight is 192 g/mol. The summed E-state index contributed by atoms with van der Waals surface area (Å²) in [5.74, 6) is 0. The van der Waals surface area contributed by atoms with Crippen LogP contribution in [0.1, 0.15) is 6.92 Å². The predicted molar refractivity (Wildman–Crippen MR) is 56.4 cm³/mol. The topological polar surface area (TPSA) is 54.9 Å². The maximum absolute atomic E-state index is 11.6. The molecule has 1 N–H and O–H groups in total. The highest BCUT2D eigenvalue weighted by atomic mass is 16.1. The zero-order valence-electron chi connectivity index (χ0n) is 8.20. The number of aromatic amines is 1. The summed E-state index contributed by atoms with van der Waals surface area (Å²) in [4.78, 5) is 23.0. The van der Waals surface area contributed by atoms with Crippen LogP contribution in [0.25, 0.3) is 12.2 Å². The highest BCUT2D eigenvalue weighted by molar-refractivity contribution is 5.36. The van der Waals surface area contributed by atoms with E-state index >= 15 is 0 Å². The van der Waals surface area contributed by atoms with E-state index in [1.54, 1.807) is 13.0 Å². The van der Waals surface area contributed by atoms with Gasteiger partial charge in [0.25, 0.3) is 11.1 Å². The van der Waals surface area contributed by atoms with Gasteiger partial charge in [-0.1, -0.05) is 18.7 Å². The molecule has 14 heavy (non-hydrogen) atoms. The first kappa shape index (κ1) is 10.2. The lowest BCUT2D eigenvalue weighted by Gasteiger charge is -1.96. The fraction of sp³-hybridized carbons (Fsp3) is 0.200. The number of nitrogens with zero attached hydrogens (tertiary/aromatic N) is 1. The molecular weight excluding hydrogens is 180 g/mol. The van der Waals surface area contributed by atoms with Crippen molar-refractivity contribution in [2.75, 3.05) is 0 Å². The molecule has 0 aliphatic rings. The first-order chi connectivity index (χ1) is 6.61. The molecule has 0 saturated heterocycles. The van der Waals surface area contributed by atoms with Gasteiger partial charge in [-0.2, -0.15) is 0 Å². The fourth-order valence-electron chi connectivity index (χ4n) is 1.24. The minimum atomic E-state index is -0.292. The van der Waals surface area contributed by atoms with E-state index in [9.17, 15) is 9.59 Å². The number of rotatable bonds is 1. The molecule has 1 rings (SSSR count). The first-order valence-electron chi connectivity index (χ1n) is 4.20. The van der Waals surface area contributed by atoms with Gasteiger partial charge >= 0.3 is 0 Å². The molecule has 1 aromatic rings. The van der Waals surface area contributed by atoms with Gasteiger partial charge < -0.3 is 0 Å². The number of aromatic nitrogens is 2. The van der Waals surface area contributed by atoms with E-state index < -0.39 is 0 Å². The molecule has 4 nitrogen and oxygen atoms in total. The molecular formula is C10H12N2O2. The zero-order chi connectivity index (χ0) is 10.7. The second-order valence-electron chi connectivity index (χ2n) is 2.82. The number of hydrogen-bond acceptors (Lipinski definition) is 2. The Morgan fingerprint density at radius 2 is 2.00 bits per heavy atom. The second kappa shape index (κ2) is 3.91. The van der Waals surface area contributed by atoms with E-state index in [0.717, 1.165) is 4.68 Å². The Labute approximate surface area is 80.5 Å². The standard InChI is InChI=1S/C10H12N2O2/c1-4-6-8-7(5-2)10(14)12(3)11-9(8)13/h4-6H,1H2,2-3H3,(H,11,13)/b7-5+,8-6+. The minimum absolute atomic E-state index is 0.222. The van der Waals surface area contributed by atoms with Crippen LogP contribution in [0.2, 0.25) is 0 Å². The summed E-state index contributed by atoms with van der Waals surface area (Å²) < 4.78 is 1.16. The predicted octanol–water partition coefficient (Wildman–Crippen LogP) is -1.16. The van der Waals surface area contributed by atoms with Gasteiger partial charge in [0.15, 0.2) is 0 Å². The molecule has 0 unspecified atom stereocenters. The van der Waals surface area contributed by atoms with Crippen LogP contribution in [-0.4, -0.2) is 9.78 Å². The summed E-state index contributed by atoms with van der Waals surface area (Å²) in [5.41, 5.74) is -0.514. The highest BCUT2D eigenvalue weighted by Crippen LogP contribution is 1.60. The average Bonchev–Trinajstić information content (AvgIpc) is 2.15. The zero-order valence-corrected chi connectivity index (χ0v) is 8.20. The molecule has 1 aromatic heterocycles. The van der Waals surface area contributed by atoms with Crippen LogP contribution in [0.4, 0.5) is 0 Å². The lowest BCUT2D eigenvalue weighted by atomic mass is 10.3. The van der Waals surface area contributed by atoms with Crippen molar-refractivity contribution in [1.82, 2.24) is 9.78 Å². The summed E-state index contributed by atoms with van der Waals surface area (Å²) in [6, 6.07) is 0. The van der Waals surface area contributed by atoms with Crippen molar-refractivity contribution in [3.8, 4) is 0 Å². The Hall–Kier alpha value is -1.84. The van der Waals surface area contributed by atoms with Crippen molar-refractivity contribution >= 4 is 12.2 Å². The van der Waals surface area contributed by atoms with Crippen molar-refractivity contribution in [1.29, 1.82) is 0 Å². The van der Waals surface area contributed by atoms with Crippen molar-refractivity contribution < 1.29 is 0 Å². The van der Waals surface area contributed by atoms with Gasteiger partial charge in [0, 0.05) is 12.3 Å². The van der Waals surface area contributed by atoms with Crippen LogP contribution in [-0.2, 0) is 7.05 Å². The third kappa shape index (κ3) is 1.59. The summed E-state index contributed by atoms with van der Waals surface area (Å²) in [6.07, 6.45) is 4.62. The van der Waals surface area contributed by atoms with Gasteiger partial charge in [-0.15, -0.1) is 0 Å². The Bertz CT molecular complexity index is 576. The van der Waals surface area contributed by atoms with Crippen LogP contribution in [0, 0.1) is 0 Å². The normalized spacial score (nSPS) is 13.3. The molecule has 0 aliphatic carbocycles. The smallest absolute Gasteiger partial charge is 0.267 e. The van der Waals surface area contributed by atoms with E-state index in [1.807, 2.05) is 0 Å². The lowest BCUT2D eigenvalue weighted by Crippen LogP contribution is -2.53. The van der Waals surface area contributed by atoms with Crippen LogP contribution >= 0.6 is 0 Å². The SMILES string of the molecule is C=C/C=c1/c(=O)[nH]n(C)c(=O)/c1=C/C. The Morgan fingerprint density at radius 1 is 1.36 bits per heavy atom. The monoisotopic (exact) mass is 192 g/mol. The summed E-state index contributed by atoms with van der Waals surface area (Å²) in [6.45, 7) is 5.21. The summed E-state index contributed by atoms with van der Waals surface area (Å²) in [7, 11) is 1.51. The molecule has 0 atom stereocenters. The minimum Gasteiger partial charge on any atom is -0.267 e. The van der Waals surface area contributed by atoms with Crippen LogP contribution in [0.5, 0.6) is 0 Å². The quantitative estimate of drug-likeness (QED) is 0.610. The van der Waals surface area contributed by atoms with Crippen molar-refractivity contribution in [3.63, 3.8) is 0 Å². The molecule has 0 radical (unpaired) electrons. The van der Waals surface area contributed by atoms with Crippen LogP contribution in [0.15, 0.2) is 22.2 Å². The Morgan fingerprint density at radius 3 is 2.50 bits per heavy atom. The van der Waals surface area contributed by atoms with Gasteiger partial charge in [0.2, 0.25) is 0 Å². The van der Waals surface area contributed by atoms with Gasteiger partial charge in [-0.25, -0.2) is 0 Å². The molecule has 0 saturated carbocycles. The van der Waals surface area contributed by atoms with E-state index in [2.05, 4.69) is 11.7 Å². The molecule has 0 bridgehead atoms. The number of nitrogens with one attached hydrogen (secondary N) is 1. The van der Waals surface area contributed by atoms with E-state index in [-0.39, 0.29) is 11.1 Å². The molecule has 0 aromatic carbocycles. The summed E-state index contributed by atoms with van der Waals surface area (Å²) in [5, 5.41) is 3.17. The number of allylic oxidation sites excluding steroid dienone is 1. The Balaban J connectivity index is 4.05. The molecule has 74 valence electrons. The molecule has 0 fully saturated rings. The van der Waals surface area contributed by atoms with Gasteiger partial charge in [0.05, 0.1) is 5.22 Å².